The van der Waals surface area contributed by atoms with Crippen molar-refractivity contribution in [1.29, 1.82) is 0 Å². The van der Waals surface area contributed by atoms with Crippen LogP contribution in [0.2, 0.25) is 5.02 Å². The van der Waals surface area contributed by atoms with Gasteiger partial charge in [0.25, 0.3) is 0 Å². The van der Waals surface area contributed by atoms with Crippen LogP contribution in [-0.2, 0) is 0 Å². The molecule has 3 aromatic rings. The quantitative estimate of drug-likeness (QED) is 0.592. The van der Waals surface area contributed by atoms with Crippen LogP contribution in [0.15, 0.2) is 48.5 Å². The molecule has 1 unspecified atom stereocenters. The topological polar surface area (TPSA) is 61.5 Å². The average molecular weight is 416 g/mol. The zero-order valence-electron chi connectivity index (χ0n) is 15.3. The molecule has 0 fully saturated rings. The van der Waals surface area contributed by atoms with Crippen LogP contribution in [-0.4, -0.2) is 13.4 Å². The first kappa shape index (κ1) is 19.4. The molecule has 0 aliphatic carbocycles. The summed E-state index contributed by atoms with van der Waals surface area (Å²) in [6.45, 7) is 0. The first-order valence-corrected chi connectivity index (χ1v) is 9.16. The van der Waals surface area contributed by atoms with Crippen molar-refractivity contribution in [3.05, 3.63) is 81.9 Å². The standard InChI is InChI=1S/C22H16ClF2NO3/c1-28-14-8-7-12(10-27)16(20(14)25)18-17-15(9-13(24)19(18)23)29-22(21(17)26)11-5-3-2-4-6-11/h2-10,21-22H,26H2,1H3/t21-,22?/m0/s1. The number of ether oxygens (including phenoxy) is 2. The zero-order chi connectivity index (χ0) is 20.7. The lowest BCUT2D eigenvalue weighted by molar-refractivity contribution is 0.112. The van der Waals surface area contributed by atoms with Crippen molar-refractivity contribution in [3.8, 4) is 22.6 Å². The van der Waals surface area contributed by atoms with E-state index in [1.807, 2.05) is 30.3 Å². The van der Waals surface area contributed by atoms with Crippen molar-refractivity contribution in [2.45, 2.75) is 12.1 Å². The predicted octanol–water partition coefficient (Wildman–Crippen LogP) is 5.24. The lowest BCUT2D eigenvalue weighted by atomic mass is 9.89. The normalized spacial score (nSPS) is 17.6. The van der Waals surface area contributed by atoms with E-state index in [-0.39, 0.29) is 33.2 Å². The first-order valence-electron chi connectivity index (χ1n) is 8.79. The molecule has 0 saturated carbocycles. The maximum Gasteiger partial charge on any atom is 0.173 e. The molecule has 0 amide bonds. The van der Waals surface area contributed by atoms with E-state index in [9.17, 15) is 9.18 Å². The van der Waals surface area contributed by atoms with Crippen LogP contribution >= 0.6 is 11.6 Å². The molecule has 4 rings (SSSR count). The summed E-state index contributed by atoms with van der Waals surface area (Å²) in [5, 5.41) is -0.341. The highest BCUT2D eigenvalue weighted by Crippen LogP contribution is 2.52. The third-order valence-electron chi connectivity index (χ3n) is 5.00. The summed E-state index contributed by atoms with van der Waals surface area (Å²) < 4.78 is 40.7. The van der Waals surface area contributed by atoms with Crippen LogP contribution in [0.25, 0.3) is 11.1 Å². The number of halogens is 3. The van der Waals surface area contributed by atoms with Gasteiger partial charge >= 0.3 is 0 Å². The number of methoxy groups -OCH3 is 1. The monoisotopic (exact) mass is 415 g/mol. The van der Waals surface area contributed by atoms with E-state index in [0.29, 0.717) is 11.8 Å². The minimum Gasteiger partial charge on any atom is -0.494 e. The van der Waals surface area contributed by atoms with Crippen molar-refractivity contribution in [2.24, 2.45) is 5.73 Å². The third kappa shape index (κ3) is 3.05. The highest BCUT2D eigenvalue weighted by atomic mass is 35.5. The minimum absolute atomic E-state index is 0.00615. The maximum atomic E-state index is 15.2. The third-order valence-corrected chi connectivity index (χ3v) is 5.37. The number of nitrogens with two attached hydrogens (primary N) is 1. The van der Waals surface area contributed by atoms with Crippen LogP contribution in [0.4, 0.5) is 8.78 Å². The zero-order valence-corrected chi connectivity index (χ0v) is 16.0. The summed E-state index contributed by atoms with van der Waals surface area (Å²) in [4.78, 5) is 11.6. The van der Waals surface area contributed by atoms with Crippen molar-refractivity contribution >= 4 is 17.9 Å². The van der Waals surface area contributed by atoms with E-state index in [1.54, 1.807) is 0 Å². The Morgan fingerprint density at radius 2 is 1.86 bits per heavy atom. The number of carbonyl (C=O) groups is 1. The van der Waals surface area contributed by atoms with Gasteiger partial charge < -0.3 is 15.2 Å². The van der Waals surface area contributed by atoms with Gasteiger partial charge in [0, 0.05) is 28.3 Å². The second-order valence-electron chi connectivity index (χ2n) is 6.60. The molecule has 4 nitrogen and oxygen atoms in total. The number of carbonyl (C=O) groups excluding carboxylic acids is 1. The number of aldehydes is 1. The Hall–Kier alpha value is -2.96. The van der Waals surface area contributed by atoms with E-state index in [0.717, 1.165) is 11.6 Å². The Kier molecular flexibility index (Phi) is 4.98. The van der Waals surface area contributed by atoms with Crippen LogP contribution in [0.5, 0.6) is 11.5 Å². The van der Waals surface area contributed by atoms with E-state index in [1.165, 1.54) is 19.2 Å². The van der Waals surface area contributed by atoms with E-state index < -0.39 is 23.8 Å². The molecule has 0 bridgehead atoms. The van der Waals surface area contributed by atoms with Crippen molar-refractivity contribution in [3.63, 3.8) is 0 Å². The van der Waals surface area contributed by atoms with Crippen LogP contribution in [0.3, 0.4) is 0 Å². The Bertz CT molecular complexity index is 1110. The smallest absolute Gasteiger partial charge is 0.173 e. The molecule has 1 heterocycles. The number of benzene rings is 3. The fourth-order valence-electron chi connectivity index (χ4n) is 3.65. The lowest BCUT2D eigenvalue weighted by Gasteiger charge is -2.18. The Labute approximate surface area is 170 Å². The van der Waals surface area contributed by atoms with Crippen molar-refractivity contribution in [2.75, 3.05) is 7.11 Å². The number of fused-ring (bicyclic) bond motifs is 1. The van der Waals surface area contributed by atoms with Gasteiger partial charge in [-0.2, -0.15) is 0 Å². The molecule has 29 heavy (non-hydrogen) atoms. The van der Waals surface area contributed by atoms with E-state index in [4.69, 9.17) is 26.8 Å². The first-order chi connectivity index (χ1) is 14.0. The van der Waals surface area contributed by atoms with Gasteiger partial charge in [0.1, 0.15) is 17.7 Å². The molecule has 2 atom stereocenters. The molecule has 0 radical (unpaired) electrons. The molecular formula is C22H16ClF2NO3. The molecule has 2 N–H and O–H groups in total. The van der Waals surface area contributed by atoms with E-state index in [2.05, 4.69) is 0 Å². The summed E-state index contributed by atoms with van der Waals surface area (Å²) in [5.41, 5.74) is 7.37. The van der Waals surface area contributed by atoms with Crippen LogP contribution in [0.1, 0.15) is 33.6 Å². The largest absolute Gasteiger partial charge is 0.494 e. The fraction of sp³-hybridized carbons (Fsp3) is 0.136. The molecule has 0 spiro atoms. The Morgan fingerprint density at radius 3 is 2.52 bits per heavy atom. The molecule has 0 saturated heterocycles. The molecule has 3 aromatic carbocycles. The maximum absolute atomic E-state index is 15.2. The molecule has 1 aliphatic rings. The van der Waals surface area contributed by atoms with Gasteiger partial charge in [0.15, 0.2) is 17.9 Å². The SMILES string of the molecule is COc1ccc(C=O)c(-c2c(Cl)c(F)cc3c2[C@H](N)C(c2ccccc2)O3)c1F. The number of hydrogen-bond acceptors (Lipinski definition) is 4. The van der Waals surface area contributed by atoms with Gasteiger partial charge in [-0.3, -0.25) is 4.79 Å². The summed E-state index contributed by atoms with van der Waals surface area (Å²) in [6, 6.07) is 12.2. The molecule has 0 aromatic heterocycles. The molecule has 7 heteroatoms. The highest BCUT2D eigenvalue weighted by Gasteiger charge is 2.38. The summed E-state index contributed by atoms with van der Waals surface area (Å²) >= 11 is 6.26. The Balaban J connectivity index is 1.99. The van der Waals surface area contributed by atoms with Gasteiger partial charge in [-0.25, -0.2) is 8.78 Å². The number of rotatable bonds is 4. The highest BCUT2D eigenvalue weighted by molar-refractivity contribution is 6.34. The summed E-state index contributed by atoms with van der Waals surface area (Å²) in [7, 11) is 1.29. The van der Waals surface area contributed by atoms with Crippen molar-refractivity contribution < 1.29 is 23.0 Å². The summed E-state index contributed by atoms with van der Waals surface area (Å²) in [5.74, 6) is -1.59. The van der Waals surface area contributed by atoms with Gasteiger partial charge in [-0.15, -0.1) is 0 Å². The average Bonchev–Trinajstić information content (AvgIpc) is 3.06. The number of hydrogen-bond donors (Lipinski definition) is 1. The summed E-state index contributed by atoms with van der Waals surface area (Å²) in [6.07, 6.45) is -0.141. The predicted molar refractivity (Wildman–Crippen MR) is 105 cm³/mol. The second-order valence-corrected chi connectivity index (χ2v) is 6.98. The van der Waals surface area contributed by atoms with Crippen LogP contribution in [0, 0.1) is 11.6 Å². The molecular weight excluding hydrogens is 400 g/mol. The molecule has 1 aliphatic heterocycles. The fourth-order valence-corrected chi connectivity index (χ4v) is 3.90. The van der Waals surface area contributed by atoms with Gasteiger partial charge in [-0.05, 0) is 17.7 Å². The van der Waals surface area contributed by atoms with Gasteiger partial charge in [0.2, 0.25) is 0 Å². The second kappa shape index (κ2) is 7.46. The lowest BCUT2D eigenvalue weighted by Crippen LogP contribution is -2.18. The van der Waals surface area contributed by atoms with Gasteiger partial charge in [-0.1, -0.05) is 41.9 Å². The minimum atomic E-state index is -0.831. The Morgan fingerprint density at radius 1 is 1.14 bits per heavy atom. The van der Waals surface area contributed by atoms with Crippen molar-refractivity contribution in [1.82, 2.24) is 0 Å². The van der Waals surface area contributed by atoms with Gasteiger partial charge in [0.05, 0.1) is 18.2 Å². The van der Waals surface area contributed by atoms with Crippen LogP contribution < -0.4 is 15.2 Å². The molecule has 148 valence electrons. The van der Waals surface area contributed by atoms with E-state index >= 15 is 4.39 Å².